The Morgan fingerprint density at radius 3 is 2.62 bits per heavy atom. The first-order valence-electron chi connectivity index (χ1n) is 10.4. The normalized spacial score (nSPS) is 11.2. The molecule has 0 atom stereocenters. The molecule has 0 saturated carbocycles. The fourth-order valence-electron chi connectivity index (χ4n) is 3.33. The highest BCUT2D eigenvalue weighted by Crippen LogP contribution is 2.29. The average Bonchev–Trinajstić information content (AvgIpc) is 3.16. The molecule has 0 saturated heterocycles. The van der Waals surface area contributed by atoms with Crippen molar-refractivity contribution in [2.24, 2.45) is 5.92 Å². The van der Waals surface area contributed by atoms with Crippen LogP contribution in [-0.2, 0) is 12.3 Å². The van der Waals surface area contributed by atoms with Crippen LogP contribution >= 0.6 is 11.8 Å². The second-order valence-corrected chi connectivity index (χ2v) is 9.08. The van der Waals surface area contributed by atoms with Gasteiger partial charge in [-0.25, -0.2) is 4.98 Å². The van der Waals surface area contributed by atoms with Gasteiger partial charge in [0.1, 0.15) is 6.33 Å². The molecule has 0 spiro atoms. The Bertz CT molecular complexity index is 1310. The van der Waals surface area contributed by atoms with Gasteiger partial charge in [-0.05, 0) is 37.1 Å². The number of nitrogens with one attached hydrogen (secondary N) is 1. The first kappa shape index (κ1) is 21.8. The van der Waals surface area contributed by atoms with Gasteiger partial charge < -0.3 is 5.32 Å². The first-order valence-corrected chi connectivity index (χ1v) is 11.4. The van der Waals surface area contributed by atoms with Gasteiger partial charge in [0, 0.05) is 28.8 Å². The molecule has 8 heteroatoms. The summed E-state index contributed by atoms with van der Waals surface area (Å²) in [5, 5.41) is 2.98. The van der Waals surface area contributed by atoms with E-state index < -0.39 is 0 Å². The van der Waals surface area contributed by atoms with E-state index in [1.807, 2.05) is 55.5 Å². The number of hydrogen-bond donors (Lipinski definition) is 1. The molecule has 164 valence electrons. The first-order chi connectivity index (χ1) is 15.4. The zero-order chi connectivity index (χ0) is 22.7. The number of thioether (sulfide) groups is 1. The summed E-state index contributed by atoms with van der Waals surface area (Å²) in [7, 11) is 0. The molecule has 0 aliphatic rings. The number of anilines is 1. The highest BCUT2D eigenvalue weighted by Gasteiger charge is 2.12. The minimum atomic E-state index is -0.161. The average molecular weight is 448 g/mol. The highest BCUT2D eigenvalue weighted by molar-refractivity contribution is 7.98. The van der Waals surface area contributed by atoms with Gasteiger partial charge in [-0.2, -0.15) is 9.50 Å². The SMILES string of the molecule is Cc1ccc(C(=O)Nc2ccccc2SCc2cc(=O)n3c(ncn3CC(C)C)n2)cc1. The van der Waals surface area contributed by atoms with E-state index in [9.17, 15) is 9.59 Å². The Morgan fingerprint density at radius 1 is 1.12 bits per heavy atom. The van der Waals surface area contributed by atoms with Crippen molar-refractivity contribution >= 4 is 29.1 Å². The summed E-state index contributed by atoms with van der Waals surface area (Å²) in [5.41, 5.74) is 2.93. The quantitative estimate of drug-likeness (QED) is 0.425. The molecule has 32 heavy (non-hydrogen) atoms. The third kappa shape index (κ3) is 4.91. The van der Waals surface area contributed by atoms with Gasteiger partial charge in [0.05, 0.1) is 11.4 Å². The predicted octanol–water partition coefficient (Wildman–Crippen LogP) is 4.40. The van der Waals surface area contributed by atoms with E-state index in [4.69, 9.17) is 0 Å². The van der Waals surface area contributed by atoms with Crippen molar-refractivity contribution in [2.75, 3.05) is 5.32 Å². The Kier molecular flexibility index (Phi) is 6.41. The third-order valence-electron chi connectivity index (χ3n) is 4.87. The van der Waals surface area contributed by atoms with Crippen LogP contribution in [0.4, 0.5) is 5.69 Å². The summed E-state index contributed by atoms with van der Waals surface area (Å²) in [4.78, 5) is 35.0. The number of aryl methyl sites for hydroxylation is 1. The van der Waals surface area contributed by atoms with Crippen molar-refractivity contribution in [1.82, 2.24) is 19.2 Å². The number of carbonyl (C=O) groups is 1. The van der Waals surface area contributed by atoms with Gasteiger partial charge in [0.25, 0.3) is 17.2 Å². The number of aromatic nitrogens is 4. The number of nitrogens with zero attached hydrogens (tertiary/aromatic N) is 4. The lowest BCUT2D eigenvalue weighted by molar-refractivity contribution is 0.102. The van der Waals surface area contributed by atoms with Crippen LogP contribution in [-0.4, -0.2) is 25.1 Å². The second kappa shape index (κ2) is 9.40. The maximum Gasteiger partial charge on any atom is 0.274 e. The van der Waals surface area contributed by atoms with Crippen LogP contribution in [0.3, 0.4) is 0 Å². The number of carbonyl (C=O) groups excluding carboxylic acids is 1. The van der Waals surface area contributed by atoms with Crippen LogP contribution in [0.25, 0.3) is 5.78 Å². The van der Waals surface area contributed by atoms with Crippen LogP contribution < -0.4 is 10.9 Å². The van der Waals surface area contributed by atoms with Crippen molar-refractivity contribution < 1.29 is 4.79 Å². The Hall–Kier alpha value is -3.39. The Morgan fingerprint density at radius 2 is 1.88 bits per heavy atom. The summed E-state index contributed by atoms with van der Waals surface area (Å²) in [6, 6.07) is 16.6. The Labute approximate surface area is 190 Å². The standard InChI is InChI=1S/C24H25N5O2S/c1-16(2)13-28-15-25-24-26-19(12-22(30)29(24)28)14-32-21-7-5-4-6-20(21)27-23(31)18-10-8-17(3)9-11-18/h4-12,15-16H,13-14H2,1-3H3,(H,27,31). The summed E-state index contributed by atoms with van der Waals surface area (Å²) >= 11 is 1.51. The molecule has 1 N–H and O–H groups in total. The molecule has 4 aromatic rings. The monoisotopic (exact) mass is 447 g/mol. The van der Waals surface area contributed by atoms with E-state index in [1.54, 1.807) is 17.1 Å². The molecule has 2 heterocycles. The molecule has 0 unspecified atom stereocenters. The molecule has 2 aromatic carbocycles. The lowest BCUT2D eigenvalue weighted by atomic mass is 10.1. The molecule has 0 aliphatic carbocycles. The van der Waals surface area contributed by atoms with Gasteiger partial charge in [-0.3, -0.25) is 14.3 Å². The van der Waals surface area contributed by atoms with Gasteiger partial charge in [0.2, 0.25) is 0 Å². The highest BCUT2D eigenvalue weighted by atomic mass is 32.2. The summed E-state index contributed by atoms with van der Waals surface area (Å²) in [6.07, 6.45) is 1.65. The van der Waals surface area contributed by atoms with Gasteiger partial charge in [-0.1, -0.05) is 43.7 Å². The molecule has 1 amide bonds. The van der Waals surface area contributed by atoms with Crippen LogP contribution in [0.5, 0.6) is 0 Å². The smallest absolute Gasteiger partial charge is 0.274 e. The molecule has 2 aromatic heterocycles. The van der Waals surface area contributed by atoms with E-state index in [1.165, 1.54) is 16.3 Å². The van der Waals surface area contributed by atoms with Gasteiger partial charge in [-0.15, -0.1) is 11.8 Å². The molecule has 0 radical (unpaired) electrons. The number of fused-ring (bicyclic) bond motifs is 1. The summed E-state index contributed by atoms with van der Waals surface area (Å²) < 4.78 is 3.30. The number of para-hydroxylation sites is 1. The fraction of sp³-hybridized carbons (Fsp3) is 0.250. The molecule has 0 aliphatic heterocycles. The third-order valence-corrected chi connectivity index (χ3v) is 5.98. The number of benzene rings is 2. The van der Waals surface area contributed by atoms with E-state index >= 15 is 0 Å². The molecule has 0 bridgehead atoms. The maximum atomic E-state index is 12.7. The van der Waals surface area contributed by atoms with Crippen molar-refractivity contribution in [2.45, 2.75) is 38.0 Å². The van der Waals surface area contributed by atoms with Gasteiger partial charge >= 0.3 is 0 Å². The van der Waals surface area contributed by atoms with Crippen molar-refractivity contribution in [3.63, 3.8) is 0 Å². The van der Waals surface area contributed by atoms with Crippen LogP contribution in [0.1, 0.15) is 35.5 Å². The number of hydrogen-bond acceptors (Lipinski definition) is 5. The summed E-state index contributed by atoms with van der Waals surface area (Å²) in [5.74, 6) is 1.11. The van der Waals surface area contributed by atoms with Crippen molar-refractivity contribution in [3.8, 4) is 0 Å². The van der Waals surface area contributed by atoms with Crippen molar-refractivity contribution in [3.05, 3.63) is 88.1 Å². The van der Waals surface area contributed by atoms with E-state index in [0.29, 0.717) is 35.3 Å². The number of rotatable bonds is 7. The topological polar surface area (TPSA) is 81.3 Å². The van der Waals surface area contributed by atoms with Crippen LogP contribution in [0.2, 0.25) is 0 Å². The molecule has 7 nitrogen and oxygen atoms in total. The zero-order valence-electron chi connectivity index (χ0n) is 18.3. The van der Waals surface area contributed by atoms with E-state index in [2.05, 4.69) is 29.1 Å². The number of amides is 1. The minimum Gasteiger partial charge on any atom is -0.321 e. The maximum absolute atomic E-state index is 12.7. The largest absolute Gasteiger partial charge is 0.321 e. The van der Waals surface area contributed by atoms with E-state index in [-0.39, 0.29) is 11.5 Å². The molecular weight excluding hydrogens is 422 g/mol. The lowest BCUT2D eigenvalue weighted by Crippen LogP contribution is -2.22. The van der Waals surface area contributed by atoms with Crippen LogP contribution in [0.15, 0.2) is 70.6 Å². The fourth-order valence-corrected chi connectivity index (χ4v) is 4.23. The van der Waals surface area contributed by atoms with Crippen LogP contribution in [0, 0.1) is 12.8 Å². The second-order valence-electron chi connectivity index (χ2n) is 8.06. The predicted molar refractivity (Wildman–Crippen MR) is 127 cm³/mol. The van der Waals surface area contributed by atoms with Crippen molar-refractivity contribution in [1.29, 1.82) is 0 Å². The van der Waals surface area contributed by atoms with Gasteiger partial charge in [0.15, 0.2) is 0 Å². The molecule has 0 fully saturated rings. The van der Waals surface area contributed by atoms with E-state index in [0.717, 1.165) is 16.1 Å². The minimum absolute atomic E-state index is 0.148. The molecular formula is C24H25N5O2S. The summed E-state index contributed by atoms with van der Waals surface area (Å²) in [6.45, 7) is 6.86. The zero-order valence-corrected chi connectivity index (χ0v) is 19.1. The lowest BCUT2D eigenvalue weighted by Gasteiger charge is -2.11. The Balaban J connectivity index is 1.51. The molecule has 4 rings (SSSR count).